The van der Waals surface area contributed by atoms with E-state index in [2.05, 4.69) is 13.2 Å². The lowest BCUT2D eigenvalue weighted by molar-refractivity contribution is -0.137. The molecule has 0 bridgehead atoms. The van der Waals surface area contributed by atoms with E-state index in [0.29, 0.717) is 0 Å². The van der Waals surface area contributed by atoms with Crippen molar-refractivity contribution in [1.82, 2.24) is 0 Å². The molecule has 0 radical (unpaired) electrons. The minimum atomic E-state index is -4.66. The summed E-state index contributed by atoms with van der Waals surface area (Å²) >= 11 is 10.4. The van der Waals surface area contributed by atoms with Crippen LogP contribution in [0.15, 0.2) is 25.3 Å². The minimum Gasteiger partial charge on any atom is -0.205 e. The lowest BCUT2D eigenvalue weighted by Gasteiger charge is -2.08. The molecule has 0 nitrogen and oxygen atoms in total. The highest BCUT2D eigenvalue weighted by atomic mass is 35.5. The minimum absolute atomic E-state index is 0.269. The van der Waals surface area contributed by atoms with E-state index in [4.69, 9.17) is 23.2 Å². The molecule has 0 aliphatic carbocycles. The topological polar surface area (TPSA) is 0 Å². The molecule has 0 aliphatic heterocycles. The average molecular weight is 261 g/mol. The quantitative estimate of drug-likeness (QED) is 0.352. The van der Waals surface area contributed by atoms with Crippen molar-refractivity contribution in [1.29, 1.82) is 0 Å². The molecule has 15 heavy (non-hydrogen) atoms. The molecule has 0 saturated heterocycles. The third-order valence-electron chi connectivity index (χ3n) is 1.32. The van der Waals surface area contributed by atoms with Crippen molar-refractivity contribution in [2.75, 3.05) is 0 Å². The fourth-order valence-corrected chi connectivity index (χ4v) is 1.23. The van der Waals surface area contributed by atoms with Gasteiger partial charge in [0, 0.05) is 0 Å². The molecule has 0 fully saturated rings. The van der Waals surface area contributed by atoms with Crippen LogP contribution in [-0.4, -0.2) is 0 Å². The van der Waals surface area contributed by atoms with E-state index in [9.17, 15) is 17.6 Å². The van der Waals surface area contributed by atoms with Crippen molar-refractivity contribution in [3.63, 3.8) is 0 Å². The molecular formula is C9H6Cl2F4. The molecule has 0 saturated carbocycles. The lowest BCUT2D eigenvalue weighted by atomic mass is 10.2. The smallest absolute Gasteiger partial charge is 0.205 e. The molecule has 1 aromatic rings. The highest BCUT2D eigenvalue weighted by Gasteiger charge is 2.34. The third-order valence-corrected chi connectivity index (χ3v) is 1.92. The number of hydrogen-bond acceptors (Lipinski definition) is 0. The Kier molecular flexibility index (Phi) is 5.11. The summed E-state index contributed by atoms with van der Waals surface area (Å²) in [5.41, 5.74) is -1.23. The maximum atomic E-state index is 12.6. The van der Waals surface area contributed by atoms with Crippen LogP contribution >= 0.6 is 23.2 Å². The molecule has 0 atom stereocenters. The van der Waals surface area contributed by atoms with Gasteiger partial charge in [-0.2, -0.15) is 13.2 Å². The van der Waals surface area contributed by atoms with Crippen molar-refractivity contribution in [2.24, 2.45) is 0 Å². The Morgan fingerprint density at radius 1 is 1.00 bits per heavy atom. The second-order valence-corrected chi connectivity index (χ2v) is 3.06. The Balaban J connectivity index is 0.000000921. The van der Waals surface area contributed by atoms with E-state index in [1.54, 1.807) is 0 Å². The van der Waals surface area contributed by atoms with Crippen LogP contribution in [0.2, 0.25) is 10.0 Å². The zero-order valence-corrected chi connectivity index (χ0v) is 8.85. The summed E-state index contributed by atoms with van der Waals surface area (Å²) in [5.74, 6) is -1.14. The van der Waals surface area contributed by atoms with Gasteiger partial charge in [0.2, 0.25) is 0 Å². The molecule has 1 aromatic carbocycles. The Hall–Kier alpha value is -0.740. The highest BCUT2D eigenvalue weighted by molar-refractivity contribution is 6.35. The first kappa shape index (κ1) is 14.3. The van der Waals surface area contributed by atoms with Crippen LogP contribution in [0.25, 0.3) is 0 Å². The van der Waals surface area contributed by atoms with Gasteiger partial charge < -0.3 is 0 Å². The third kappa shape index (κ3) is 3.72. The van der Waals surface area contributed by atoms with Gasteiger partial charge in [0.1, 0.15) is 5.82 Å². The predicted molar refractivity (Wildman–Crippen MR) is 52.7 cm³/mol. The number of benzene rings is 1. The lowest BCUT2D eigenvalue weighted by Crippen LogP contribution is -2.06. The summed E-state index contributed by atoms with van der Waals surface area (Å²) < 4.78 is 48.8. The Morgan fingerprint density at radius 3 is 1.87 bits per heavy atom. The fourth-order valence-electron chi connectivity index (χ4n) is 0.740. The largest absolute Gasteiger partial charge is 0.417 e. The van der Waals surface area contributed by atoms with Crippen molar-refractivity contribution < 1.29 is 17.6 Å². The van der Waals surface area contributed by atoms with Gasteiger partial charge in [-0.05, 0) is 12.1 Å². The molecule has 0 aliphatic rings. The molecule has 84 valence electrons. The van der Waals surface area contributed by atoms with Gasteiger partial charge in [0.05, 0.1) is 15.6 Å². The highest BCUT2D eigenvalue weighted by Crippen LogP contribution is 2.36. The normalized spacial score (nSPS) is 10.5. The molecule has 1 rings (SSSR count). The van der Waals surface area contributed by atoms with E-state index >= 15 is 0 Å². The van der Waals surface area contributed by atoms with E-state index in [0.717, 1.165) is 6.07 Å². The molecule has 0 spiro atoms. The van der Waals surface area contributed by atoms with Gasteiger partial charge in [0.25, 0.3) is 0 Å². The van der Waals surface area contributed by atoms with Gasteiger partial charge in [-0.1, -0.05) is 23.2 Å². The van der Waals surface area contributed by atoms with Crippen molar-refractivity contribution >= 4 is 23.2 Å². The number of alkyl halides is 3. The summed E-state index contributed by atoms with van der Waals surface area (Å²) in [6.45, 7) is 6.00. The monoisotopic (exact) mass is 260 g/mol. The van der Waals surface area contributed by atoms with Crippen molar-refractivity contribution in [2.45, 2.75) is 6.18 Å². The van der Waals surface area contributed by atoms with Gasteiger partial charge in [0.15, 0.2) is 0 Å². The van der Waals surface area contributed by atoms with Crippen LogP contribution in [0.1, 0.15) is 5.56 Å². The maximum absolute atomic E-state index is 12.6. The zero-order chi connectivity index (χ0) is 12.2. The van der Waals surface area contributed by atoms with Crippen LogP contribution in [-0.2, 0) is 6.18 Å². The summed E-state index contributed by atoms with van der Waals surface area (Å²) in [4.78, 5) is 0. The number of rotatable bonds is 0. The SMILES string of the molecule is C=C.Fc1cc(C(F)(F)F)c(Cl)cc1Cl. The summed E-state index contributed by atoms with van der Waals surface area (Å²) in [7, 11) is 0. The molecule has 0 N–H and O–H groups in total. The van der Waals surface area contributed by atoms with Gasteiger partial charge in [-0.3, -0.25) is 0 Å². The first-order chi connectivity index (χ1) is 6.82. The van der Waals surface area contributed by atoms with Crippen molar-refractivity contribution in [3.8, 4) is 0 Å². The average Bonchev–Trinajstić information content (AvgIpc) is 2.13. The Morgan fingerprint density at radius 2 is 1.47 bits per heavy atom. The van der Waals surface area contributed by atoms with Crippen LogP contribution in [0.5, 0.6) is 0 Å². The van der Waals surface area contributed by atoms with Crippen molar-refractivity contribution in [3.05, 3.63) is 46.7 Å². The second-order valence-electron chi connectivity index (χ2n) is 2.24. The second kappa shape index (κ2) is 5.37. The van der Waals surface area contributed by atoms with Gasteiger partial charge in [-0.15, -0.1) is 13.2 Å². The fraction of sp³-hybridized carbons (Fsp3) is 0.111. The van der Waals surface area contributed by atoms with E-state index in [1.807, 2.05) is 0 Å². The van der Waals surface area contributed by atoms with Crippen LogP contribution in [0, 0.1) is 5.82 Å². The van der Waals surface area contributed by atoms with Crippen LogP contribution in [0.4, 0.5) is 17.6 Å². The van der Waals surface area contributed by atoms with Gasteiger partial charge in [-0.25, -0.2) is 4.39 Å². The first-order valence-electron chi connectivity index (χ1n) is 3.54. The maximum Gasteiger partial charge on any atom is 0.417 e. The number of halogens is 6. The standard InChI is InChI=1S/C7H2Cl2F4.C2H4/c8-4-2-5(9)6(10)1-3(4)7(11,12)13;1-2/h1-2H;1-2H2. The molecule has 0 amide bonds. The molecule has 0 unspecified atom stereocenters. The van der Waals surface area contributed by atoms with Gasteiger partial charge >= 0.3 is 6.18 Å². The summed E-state index contributed by atoms with van der Waals surface area (Å²) in [5, 5.41) is -1.04. The van der Waals surface area contributed by atoms with E-state index < -0.39 is 27.6 Å². The molecule has 0 aromatic heterocycles. The molecule has 6 heteroatoms. The Labute approximate surface area is 94.1 Å². The summed E-state index contributed by atoms with van der Waals surface area (Å²) in [6.07, 6.45) is -4.66. The first-order valence-corrected chi connectivity index (χ1v) is 4.29. The molecule has 0 heterocycles. The van der Waals surface area contributed by atoms with Crippen LogP contribution in [0.3, 0.4) is 0 Å². The van der Waals surface area contributed by atoms with E-state index in [-0.39, 0.29) is 6.07 Å². The predicted octanol–water partition coefficient (Wildman–Crippen LogP) is 4.95. The van der Waals surface area contributed by atoms with E-state index in [1.165, 1.54) is 0 Å². The number of hydrogen-bond donors (Lipinski definition) is 0. The Bertz CT molecular complexity index is 347. The molecular weight excluding hydrogens is 255 g/mol. The summed E-state index contributed by atoms with van der Waals surface area (Å²) in [6, 6.07) is 0.992. The van der Waals surface area contributed by atoms with Crippen LogP contribution < -0.4 is 0 Å². The zero-order valence-electron chi connectivity index (χ0n) is 7.34.